The van der Waals surface area contributed by atoms with Gasteiger partial charge in [0.1, 0.15) is 12.4 Å². The van der Waals surface area contributed by atoms with Crippen molar-refractivity contribution in [3.05, 3.63) is 65.5 Å². The van der Waals surface area contributed by atoms with Crippen LogP contribution >= 0.6 is 11.8 Å². The molecule has 0 fully saturated rings. The lowest BCUT2D eigenvalue weighted by Crippen LogP contribution is -2.40. The monoisotopic (exact) mass is 438 g/mol. The normalized spacial score (nSPS) is 11.3. The van der Waals surface area contributed by atoms with Crippen LogP contribution in [0.15, 0.2) is 48.5 Å². The molecule has 0 heterocycles. The van der Waals surface area contributed by atoms with Gasteiger partial charge in [0.05, 0.1) is 11.9 Å². The molecule has 0 aliphatic rings. The zero-order chi connectivity index (χ0) is 21.3. The predicted octanol–water partition coefficient (Wildman–Crippen LogP) is 3.59. The number of hydrogen-bond donors (Lipinski definition) is 1. The average Bonchev–Trinajstić information content (AvgIpc) is 2.69. The van der Waals surface area contributed by atoms with E-state index in [9.17, 15) is 17.6 Å². The molecule has 8 heteroatoms. The molecular formula is C21H27FN2O3S2. The quantitative estimate of drug-likeness (QED) is 0.545. The van der Waals surface area contributed by atoms with Crippen molar-refractivity contribution in [2.45, 2.75) is 25.5 Å². The number of thioether (sulfide) groups is 1. The number of carbonyl (C=O) groups excluding carboxylic acids is 1. The van der Waals surface area contributed by atoms with Crippen LogP contribution in [0.4, 0.5) is 10.1 Å². The van der Waals surface area contributed by atoms with E-state index in [-0.39, 0.29) is 18.3 Å². The third kappa shape index (κ3) is 7.70. The first-order valence-electron chi connectivity index (χ1n) is 9.45. The molecule has 2 aromatic rings. The van der Waals surface area contributed by atoms with Crippen LogP contribution in [0.5, 0.6) is 0 Å². The van der Waals surface area contributed by atoms with E-state index >= 15 is 0 Å². The second-order valence-electron chi connectivity index (χ2n) is 6.64. The van der Waals surface area contributed by atoms with E-state index in [0.717, 1.165) is 34.7 Å². The molecule has 5 nitrogen and oxygen atoms in total. The Hall–Kier alpha value is -2.06. The van der Waals surface area contributed by atoms with Crippen molar-refractivity contribution in [2.24, 2.45) is 0 Å². The fraction of sp³-hybridized carbons (Fsp3) is 0.381. The van der Waals surface area contributed by atoms with Gasteiger partial charge in [0, 0.05) is 12.3 Å². The first kappa shape index (κ1) is 23.2. The maximum Gasteiger partial charge on any atom is 0.240 e. The Labute approximate surface area is 176 Å². The standard InChI is InChI=1S/C21H27FN2O3S2/c1-3-17-9-11-19(12-10-17)24(29(2,26)27)15-21(25)23-13-6-14-28-16-18-7-4-5-8-20(18)22/h4-5,7-12H,3,6,13-16H2,1-2H3,(H,23,25). The van der Waals surface area contributed by atoms with Crippen LogP contribution in [0, 0.1) is 5.82 Å². The lowest BCUT2D eigenvalue weighted by atomic mass is 10.1. The Bertz CT molecular complexity index is 902. The van der Waals surface area contributed by atoms with Crippen molar-refractivity contribution in [3.8, 4) is 0 Å². The molecule has 0 radical (unpaired) electrons. The Balaban J connectivity index is 1.77. The van der Waals surface area contributed by atoms with Gasteiger partial charge in [-0.15, -0.1) is 0 Å². The summed E-state index contributed by atoms with van der Waals surface area (Å²) in [6.07, 6.45) is 2.66. The Kier molecular flexibility index (Phi) is 8.98. The van der Waals surface area contributed by atoms with Crippen molar-refractivity contribution in [2.75, 3.05) is 29.4 Å². The Morgan fingerprint density at radius 1 is 1.14 bits per heavy atom. The zero-order valence-corrected chi connectivity index (χ0v) is 18.4. The highest BCUT2D eigenvalue weighted by atomic mass is 32.2. The van der Waals surface area contributed by atoms with Crippen LogP contribution in [0.25, 0.3) is 0 Å². The number of rotatable bonds is 11. The molecule has 1 amide bonds. The zero-order valence-electron chi connectivity index (χ0n) is 16.7. The second kappa shape index (κ2) is 11.2. The van der Waals surface area contributed by atoms with E-state index in [2.05, 4.69) is 5.32 Å². The van der Waals surface area contributed by atoms with E-state index in [1.807, 2.05) is 25.1 Å². The van der Waals surface area contributed by atoms with E-state index in [1.54, 1.807) is 36.0 Å². The van der Waals surface area contributed by atoms with Gasteiger partial charge in [0.15, 0.2) is 0 Å². The van der Waals surface area contributed by atoms with Gasteiger partial charge in [-0.1, -0.05) is 37.3 Å². The number of halogens is 1. The highest BCUT2D eigenvalue weighted by Crippen LogP contribution is 2.18. The molecule has 0 aromatic heterocycles. The Morgan fingerprint density at radius 3 is 2.45 bits per heavy atom. The molecule has 0 bridgehead atoms. The van der Waals surface area contributed by atoms with Gasteiger partial charge in [-0.25, -0.2) is 12.8 Å². The van der Waals surface area contributed by atoms with Gasteiger partial charge < -0.3 is 5.32 Å². The number of benzene rings is 2. The summed E-state index contributed by atoms with van der Waals surface area (Å²) in [6.45, 7) is 2.20. The van der Waals surface area contributed by atoms with Crippen molar-refractivity contribution in [3.63, 3.8) is 0 Å². The van der Waals surface area contributed by atoms with Gasteiger partial charge in [-0.05, 0) is 47.9 Å². The molecule has 0 atom stereocenters. The average molecular weight is 439 g/mol. The summed E-state index contributed by atoms with van der Waals surface area (Å²) in [5, 5.41) is 2.76. The molecule has 29 heavy (non-hydrogen) atoms. The van der Waals surface area contributed by atoms with Crippen molar-refractivity contribution < 1.29 is 17.6 Å². The molecule has 0 saturated carbocycles. The molecule has 0 aliphatic heterocycles. The van der Waals surface area contributed by atoms with Crippen molar-refractivity contribution in [1.29, 1.82) is 0 Å². The van der Waals surface area contributed by atoms with Gasteiger partial charge in [-0.3, -0.25) is 9.10 Å². The number of hydrogen-bond acceptors (Lipinski definition) is 4. The van der Waals surface area contributed by atoms with Crippen LogP contribution in [-0.4, -0.2) is 39.4 Å². The molecule has 0 spiro atoms. The van der Waals surface area contributed by atoms with Crippen molar-refractivity contribution >= 4 is 33.4 Å². The molecule has 0 saturated heterocycles. The minimum atomic E-state index is -3.57. The van der Waals surface area contributed by atoms with E-state index in [4.69, 9.17) is 0 Å². The minimum Gasteiger partial charge on any atom is -0.354 e. The lowest BCUT2D eigenvalue weighted by Gasteiger charge is -2.22. The number of amides is 1. The molecule has 0 aliphatic carbocycles. The number of carbonyl (C=O) groups is 1. The van der Waals surface area contributed by atoms with Crippen LogP contribution in [-0.2, 0) is 27.0 Å². The maximum atomic E-state index is 13.5. The Morgan fingerprint density at radius 2 is 1.83 bits per heavy atom. The minimum absolute atomic E-state index is 0.207. The molecule has 2 aromatic carbocycles. The number of sulfonamides is 1. The van der Waals surface area contributed by atoms with E-state index < -0.39 is 10.0 Å². The SMILES string of the molecule is CCc1ccc(N(CC(=O)NCCCSCc2ccccc2F)S(C)(=O)=O)cc1. The first-order chi connectivity index (χ1) is 13.8. The van der Waals surface area contributed by atoms with Gasteiger partial charge in [-0.2, -0.15) is 11.8 Å². The van der Waals surface area contributed by atoms with E-state index in [1.165, 1.54) is 6.07 Å². The van der Waals surface area contributed by atoms with Crippen LogP contribution < -0.4 is 9.62 Å². The first-order valence-corrected chi connectivity index (χ1v) is 12.5. The van der Waals surface area contributed by atoms with Crippen molar-refractivity contribution in [1.82, 2.24) is 5.32 Å². The molecule has 2 rings (SSSR count). The summed E-state index contributed by atoms with van der Waals surface area (Å²) >= 11 is 1.59. The highest BCUT2D eigenvalue weighted by molar-refractivity contribution is 7.98. The fourth-order valence-electron chi connectivity index (χ4n) is 2.68. The second-order valence-corrected chi connectivity index (χ2v) is 9.65. The van der Waals surface area contributed by atoms with Gasteiger partial charge in [0.2, 0.25) is 15.9 Å². The summed E-state index contributed by atoms with van der Waals surface area (Å²) in [4.78, 5) is 12.2. The van der Waals surface area contributed by atoms with Gasteiger partial charge >= 0.3 is 0 Å². The molecule has 158 valence electrons. The fourth-order valence-corrected chi connectivity index (χ4v) is 4.49. The van der Waals surface area contributed by atoms with Crippen LogP contribution in [0.2, 0.25) is 0 Å². The molecule has 0 unspecified atom stereocenters. The largest absolute Gasteiger partial charge is 0.354 e. The summed E-state index contributed by atoms with van der Waals surface area (Å²) in [5.41, 5.74) is 2.24. The third-order valence-corrected chi connectivity index (χ3v) is 6.56. The summed E-state index contributed by atoms with van der Waals surface area (Å²) in [6, 6.07) is 13.8. The third-order valence-electron chi connectivity index (χ3n) is 4.32. The number of anilines is 1. The smallest absolute Gasteiger partial charge is 0.240 e. The molecular weight excluding hydrogens is 411 g/mol. The number of aryl methyl sites for hydroxylation is 1. The maximum absolute atomic E-state index is 13.5. The topological polar surface area (TPSA) is 66.5 Å². The van der Waals surface area contributed by atoms with Crippen LogP contribution in [0.1, 0.15) is 24.5 Å². The molecule has 1 N–H and O–H groups in total. The number of nitrogens with zero attached hydrogens (tertiary/aromatic N) is 1. The predicted molar refractivity (Wildman–Crippen MR) is 118 cm³/mol. The lowest BCUT2D eigenvalue weighted by molar-refractivity contribution is -0.119. The van der Waals surface area contributed by atoms with Gasteiger partial charge in [0.25, 0.3) is 0 Å². The number of nitrogens with one attached hydrogen (secondary N) is 1. The van der Waals surface area contributed by atoms with E-state index in [0.29, 0.717) is 23.5 Å². The highest BCUT2D eigenvalue weighted by Gasteiger charge is 2.20. The summed E-state index contributed by atoms with van der Waals surface area (Å²) in [5.74, 6) is 0.786. The summed E-state index contributed by atoms with van der Waals surface area (Å²) < 4.78 is 38.9. The van der Waals surface area contributed by atoms with Crippen LogP contribution in [0.3, 0.4) is 0 Å². The summed E-state index contributed by atoms with van der Waals surface area (Å²) in [7, 11) is -3.57.